The van der Waals surface area contributed by atoms with Gasteiger partial charge in [-0.1, -0.05) is 6.07 Å². The summed E-state index contributed by atoms with van der Waals surface area (Å²) in [6.07, 6.45) is 3.76. The molecule has 0 aromatic carbocycles. The molecule has 0 saturated carbocycles. The zero-order chi connectivity index (χ0) is 16.2. The third kappa shape index (κ3) is 3.21. The van der Waals surface area contributed by atoms with E-state index in [1.165, 1.54) is 12.3 Å². The van der Waals surface area contributed by atoms with E-state index in [2.05, 4.69) is 15.3 Å². The molecule has 3 rings (SSSR count). The lowest BCUT2D eigenvalue weighted by Gasteiger charge is -2.16. The quantitative estimate of drug-likeness (QED) is 0.880. The average molecular weight is 309 g/mol. The van der Waals surface area contributed by atoms with Crippen LogP contribution in [0.15, 0.2) is 36.7 Å². The van der Waals surface area contributed by atoms with Crippen molar-refractivity contribution in [2.75, 3.05) is 13.1 Å². The van der Waals surface area contributed by atoms with Crippen molar-refractivity contribution >= 4 is 11.8 Å². The highest BCUT2D eigenvalue weighted by molar-refractivity contribution is 5.94. The van der Waals surface area contributed by atoms with E-state index in [0.717, 1.165) is 0 Å². The third-order valence-corrected chi connectivity index (χ3v) is 3.75. The van der Waals surface area contributed by atoms with E-state index in [4.69, 9.17) is 5.26 Å². The molecule has 1 atom stereocenters. The van der Waals surface area contributed by atoms with Gasteiger partial charge in [0.05, 0.1) is 5.56 Å². The molecular formula is C16H15N5O2. The molecule has 3 heterocycles. The highest BCUT2D eigenvalue weighted by Gasteiger charge is 2.28. The van der Waals surface area contributed by atoms with Crippen molar-refractivity contribution < 1.29 is 9.59 Å². The summed E-state index contributed by atoms with van der Waals surface area (Å²) in [6, 6.07) is 8.57. The minimum Gasteiger partial charge on any atom is -0.356 e. The van der Waals surface area contributed by atoms with Crippen molar-refractivity contribution in [1.29, 1.82) is 5.26 Å². The Bertz CT molecular complexity index is 762. The maximum Gasteiger partial charge on any atom is 0.272 e. The molecule has 0 radical (unpaired) electrons. The predicted molar refractivity (Wildman–Crippen MR) is 81.5 cm³/mol. The van der Waals surface area contributed by atoms with Crippen molar-refractivity contribution in [3.8, 4) is 6.07 Å². The van der Waals surface area contributed by atoms with Crippen LogP contribution in [0.4, 0.5) is 0 Å². The number of nitrogens with one attached hydrogen (secondary N) is 2. The van der Waals surface area contributed by atoms with Crippen LogP contribution in [0, 0.1) is 11.3 Å². The summed E-state index contributed by atoms with van der Waals surface area (Å²) in [4.78, 5) is 32.9. The number of rotatable bonds is 3. The summed E-state index contributed by atoms with van der Waals surface area (Å²) in [5, 5.41) is 11.6. The SMILES string of the molecule is N#Cc1c[nH]c(C(=O)N[C@H]2CCN(C(=O)c3ccccn3)C2)c1. The van der Waals surface area contributed by atoms with Crippen LogP contribution in [0.3, 0.4) is 0 Å². The van der Waals surface area contributed by atoms with E-state index in [1.807, 2.05) is 6.07 Å². The number of hydrogen-bond donors (Lipinski definition) is 2. The fourth-order valence-corrected chi connectivity index (χ4v) is 2.57. The molecule has 1 aliphatic heterocycles. The maximum atomic E-state index is 12.3. The Balaban J connectivity index is 1.59. The minimum atomic E-state index is -0.274. The molecule has 2 amide bonds. The summed E-state index contributed by atoms with van der Waals surface area (Å²) >= 11 is 0. The van der Waals surface area contributed by atoms with Gasteiger partial charge in [-0.25, -0.2) is 0 Å². The van der Waals surface area contributed by atoms with E-state index in [-0.39, 0.29) is 17.9 Å². The van der Waals surface area contributed by atoms with Gasteiger partial charge in [0.1, 0.15) is 17.5 Å². The van der Waals surface area contributed by atoms with Crippen LogP contribution >= 0.6 is 0 Å². The maximum absolute atomic E-state index is 12.3. The van der Waals surface area contributed by atoms with Crippen LogP contribution in [0.1, 0.15) is 33.0 Å². The number of amides is 2. The molecule has 2 aromatic heterocycles. The molecule has 1 saturated heterocycles. The molecule has 1 aliphatic rings. The highest BCUT2D eigenvalue weighted by Crippen LogP contribution is 2.13. The normalized spacial score (nSPS) is 16.8. The first-order valence-corrected chi connectivity index (χ1v) is 7.27. The second-order valence-electron chi connectivity index (χ2n) is 5.34. The van der Waals surface area contributed by atoms with Crippen molar-refractivity contribution in [3.05, 3.63) is 53.6 Å². The van der Waals surface area contributed by atoms with Gasteiger partial charge in [-0.15, -0.1) is 0 Å². The molecule has 0 unspecified atom stereocenters. The Morgan fingerprint density at radius 2 is 2.30 bits per heavy atom. The van der Waals surface area contributed by atoms with Gasteiger partial charge in [0.15, 0.2) is 0 Å². The molecule has 1 fully saturated rings. The van der Waals surface area contributed by atoms with Crippen LogP contribution in [0.25, 0.3) is 0 Å². The minimum absolute atomic E-state index is 0.107. The number of pyridine rings is 1. The number of likely N-dealkylation sites (tertiary alicyclic amines) is 1. The first-order chi connectivity index (χ1) is 11.2. The molecule has 23 heavy (non-hydrogen) atoms. The Kier molecular flexibility index (Phi) is 4.06. The lowest BCUT2D eigenvalue weighted by Crippen LogP contribution is -2.38. The number of carbonyl (C=O) groups excluding carboxylic acids is 2. The Hall–Kier alpha value is -3.14. The largest absolute Gasteiger partial charge is 0.356 e. The Morgan fingerprint density at radius 1 is 1.43 bits per heavy atom. The number of aromatic amines is 1. The van der Waals surface area contributed by atoms with Crippen LogP contribution in [0.2, 0.25) is 0 Å². The number of aromatic nitrogens is 2. The van der Waals surface area contributed by atoms with Gasteiger partial charge in [0.25, 0.3) is 11.8 Å². The van der Waals surface area contributed by atoms with E-state index in [9.17, 15) is 9.59 Å². The van der Waals surface area contributed by atoms with Gasteiger partial charge in [0.2, 0.25) is 0 Å². The second kappa shape index (κ2) is 6.32. The van der Waals surface area contributed by atoms with Crippen LogP contribution < -0.4 is 5.32 Å². The molecule has 116 valence electrons. The topological polar surface area (TPSA) is 102 Å². The third-order valence-electron chi connectivity index (χ3n) is 3.75. The van der Waals surface area contributed by atoms with Crippen molar-refractivity contribution in [2.24, 2.45) is 0 Å². The summed E-state index contributed by atoms with van der Waals surface area (Å²) in [7, 11) is 0. The number of H-pyrrole nitrogens is 1. The Morgan fingerprint density at radius 3 is 3.00 bits per heavy atom. The summed E-state index contributed by atoms with van der Waals surface area (Å²) in [5.74, 6) is -0.405. The summed E-state index contributed by atoms with van der Waals surface area (Å²) < 4.78 is 0. The van der Waals surface area contributed by atoms with E-state index >= 15 is 0 Å². The van der Waals surface area contributed by atoms with Gasteiger partial charge in [0, 0.05) is 31.5 Å². The lowest BCUT2D eigenvalue weighted by molar-refractivity contribution is 0.0777. The van der Waals surface area contributed by atoms with E-state index < -0.39 is 0 Å². The summed E-state index contributed by atoms with van der Waals surface area (Å²) in [5.41, 5.74) is 1.16. The number of hydrogen-bond acceptors (Lipinski definition) is 4. The first kappa shape index (κ1) is 14.8. The first-order valence-electron chi connectivity index (χ1n) is 7.27. The van der Waals surface area contributed by atoms with Crippen molar-refractivity contribution in [1.82, 2.24) is 20.2 Å². The van der Waals surface area contributed by atoms with E-state index in [1.54, 1.807) is 29.3 Å². The molecule has 0 bridgehead atoms. The van der Waals surface area contributed by atoms with Gasteiger partial charge < -0.3 is 15.2 Å². The fraction of sp³-hybridized carbons (Fsp3) is 0.250. The van der Waals surface area contributed by atoms with Gasteiger partial charge in [-0.2, -0.15) is 5.26 Å². The monoisotopic (exact) mass is 309 g/mol. The zero-order valence-corrected chi connectivity index (χ0v) is 12.3. The average Bonchev–Trinajstić information content (AvgIpc) is 3.24. The lowest BCUT2D eigenvalue weighted by atomic mass is 10.2. The van der Waals surface area contributed by atoms with Gasteiger partial charge >= 0.3 is 0 Å². The number of nitriles is 1. The summed E-state index contributed by atoms with van der Waals surface area (Å²) in [6.45, 7) is 1.03. The molecule has 0 spiro atoms. The number of carbonyl (C=O) groups is 2. The van der Waals surface area contributed by atoms with Crippen LogP contribution in [0.5, 0.6) is 0 Å². The second-order valence-corrected chi connectivity index (χ2v) is 5.34. The van der Waals surface area contributed by atoms with E-state index in [0.29, 0.717) is 36.5 Å². The molecule has 2 aromatic rings. The Labute approximate surface area is 132 Å². The molecule has 2 N–H and O–H groups in total. The van der Waals surface area contributed by atoms with Crippen LogP contribution in [-0.4, -0.2) is 45.8 Å². The van der Waals surface area contributed by atoms with Crippen molar-refractivity contribution in [2.45, 2.75) is 12.5 Å². The standard InChI is InChI=1S/C16H15N5O2/c17-8-11-7-14(19-9-11)15(22)20-12-4-6-21(10-12)16(23)13-3-1-2-5-18-13/h1-3,5,7,9,12,19H,4,6,10H2,(H,20,22)/t12-/m0/s1. The zero-order valence-electron chi connectivity index (χ0n) is 12.3. The number of nitrogens with zero attached hydrogens (tertiary/aromatic N) is 3. The van der Waals surface area contributed by atoms with Gasteiger partial charge in [-0.3, -0.25) is 14.6 Å². The van der Waals surface area contributed by atoms with Gasteiger partial charge in [-0.05, 0) is 24.6 Å². The smallest absolute Gasteiger partial charge is 0.272 e. The van der Waals surface area contributed by atoms with Crippen LogP contribution in [-0.2, 0) is 0 Å². The molecule has 7 nitrogen and oxygen atoms in total. The fourth-order valence-electron chi connectivity index (χ4n) is 2.57. The van der Waals surface area contributed by atoms with Crippen molar-refractivity contribution in [3.63, 3.8) is 0 Å². The molecular weight excluding hydrogens is 294 g/mol. The molecule has 7 heteroatoms. The highest BCUT2D eigenvalue weighted by atomic mass is 16.2. The predicted octanol–water partition coefficient (Wildman–Crippen LogP) is 0.926. The molecule has 0 aliphatic carbocycles.